The number of nitro benzene ring substituents is 1. The minimum Gasteiger partial charge on any atom is -0.346 e. The average Bonchev–Trinajstić information content (AvgIpc) is 3.42. The zero-order valence-corrected chi connectivity index (χ0v) is 23.5. The maximum Gasteiger partial charge on any atom is 0.294 e. The summed E-state index contributed by atoms with van der Waals surface area (Å²) in [6.07, 6.45) is 5.25. The molecule has 0 saturated carbocycles. The summed E-state index contributed by atoms with van der Waals surface area (Å²) >= 11 is 0. The van der Waals surface area contributed by atoms with E-state index < -0.39 is 7.36 Å². The van der Waals surface area contributed by atoms with E-state index in [9.17, 15) is 10.1 Å². The van der Waals surface area contributed by atoms with E-state index in [1.54, 1.807) is 18.2 Å². The van der Waals surface area contributed by atoms with Gasteiger partial charge in [0.05, 0.1) is 22.1 Å². The fraction of sp³-hybridized carbons (Fsp3) is 0.300. The number of allylic oxidation sites excluding steroid dienone is 2. The van der Waals surface area contributed by atoms with Gasteiger partial charge in [0.15, 0.2) is 7.36 Å². The van der Waals surface area contributed by atoms with Crippen LogP contribution in [0.3, 0.4) is 0 Å². The number of hydrazone groups is 1. The summed E-state index contributed by atoms with van der Waals surface area (Å²) in [7, 11) is -0.729. The first kappa shape index (κ1) is 25.5. The molecule has 1 unspecified atom stereocenters. The number of nitrogens with zero attached hydrogens (tertiary/aromatic N) is 6. The Hall–Kier alpha value is -3.74. The summed E-state index contributed by atoms with van der Waals surface area (Å²) in [6.45, 7) is 6.23. The Labute approximate surface area is 229 Å². The van der Waals surface area contributed by atoms with E-state index in [2.05, 4.69) is 71.6 Å². The SMILES string of the molecule is CN1C(=C2C=NN(c3ccccc3)P2(=Nc2ccccc2[N+](=O)[O-])N2CCCCC2)C(C)(C)c2ccccc21. The van der Waals surface area contributed by atoms with Gasteiger partial charge in [-0.1, -0.05) is 68.8 Å². The molecule has 39 heavy (non-hydrogen) atoms. The predicted molar refractivity (Wildman–Crippen MR) is 160 cm³/mol. The minimum atomic E-state index is -2.84. The van der Waals surface area contributed by atoms with E-state index in [1.807, 2.05) is 30.5 Å². The van der Waals surface area contributed by atoms with E-state index in [1.165, 1.54) is 11.3 Å². The molecule has 3 aliphatic heterocycles. The molecule has 0 N–H and O–H groups in total. The first-order valence-electron chi connectivity index (χ1n) is 13.4. The number of hydrogen-bond donors (Lipinski definition) is 0. The van der Waals surface area contributed by atoms with Crippen LogP contribution in [0.4, 0.5) is 22.7 Å². The number of benzene rings is 3. The van der Waals surface area contributed by atoms with Crippen molar-refractivity contribution >= 4 is 36.3 Å². The van der Waals surface area contributed by atoms with Crippen molar-refractivity contribution in [1.82, 2.24) is 4.67 Å². The quantitative estimate of drug-likeness (QED) is 0.191. The summed E-state index contributed by atoms with van der Waals surface area (Å²) in [6, 6.07) is 25.5. The highest BCUT2D eigenvalue weighted by atomic mass is 31.2. The molecule has 3 heterocycles. The van der Waals surface area contributed by atoms with Crippen molar-refractivity contribution in [2.24, 2.45) is 9.85 Å². The number of hydrogen-bond acceptors (Lipinski definition) is 5. The molecule has 0 spiro atoms. The van der Waals surface area contributed by atoms with Crippen molar-refractivity contribution in [1.29, 1.82) is 0 Å². The second kappa shape index (κ2) is 9.78. The van der Waals surface area contributed by atoms with Gasteiger partial charge in [-0.15, -0.1) is 0 Å². The smallest absolute Gasteiger partial charge is 0.294 e. The molecule has 3 aromatic rings. The molecule has 0 amide bonds. The van der Waals surface area contributed by atoms with Gasteiger partial charge in [0.2, 0.25) is 0 Å². The maximum absolute atomic E-state index is 12.1. The molecule has 9 heteroatoms. The molecular weight excluding hydrogens is 507 g/mol. The van der Waals surface area contributed by atoms with Crippen LogP contribution < -0.4 is 9.68 Å². The standard InChI is InChI=1S/C30H33N6O2P/c1-30(2)24-16-8-10-18-26(24)33(3)29(30)28-22-31-35(23-14-6-4-7-15-23)39(28,34-20-12-5-13-21-34)32-25-17-9-11-19-27(25)36(37)38/h4,6-11,14-19,22H,5,12-13,20-21H2,1-3H3. The normalized spacial score (nSPS) is 24.2. The maximum atomic E-state index is 12.1. The van der Waals surface area contributed by atoms with Gasteiger partial charge < -0.3 is 4.90 Å². The van der Waals surface area contributed by atoms with Crippen molar-refractivity contribution in [3.05, 3.63) is 106 Å². The predicted octanol–water partition coefficient (Wildman–Crippen LogP) is 7.89. The lowest BCUT2D eigenvalue weighted by Crippen LogP contribution is -2.34. The lowest BCUT2D eigenvalue weighted by Gasteiger charge is -2.43. The monoisotopic (exact) mass is 540 g/mol. The molecule has 6 rings (SSSR count). The second-order valence-corrected chi connectivity index (χ2v) is 13.5. The van der Waals surface area contributed by atoms with Crippen LogP contribution in [-0.4, -0.2) is 35.9 Å². The third kappa shape index (κ3) is 4.01. The van der Waals surface area contributed by atoms with Gasteiger partial charge in [-0.05, 0) is 42.7 Å². The minimum absolute atomic E-state index is 0.0143. The summed E-state index contributed by atoms with van der Waals surface area (Å²) < 4.78 is 10.0. The molecule has 0 aliphatic carbocycles. The van der Waals surface area contributed by atoms with Crippen molar-refractivity contribution in [2.45, 2.75) is 38.5 Å². The fourth-order valence-electron chi connectivity index (χ4n) is 6.25. The Bertz CT molecular complexity index is 1540. The van der Waals surface area contributed by atoms with Crippen LogP contribution in [0, 0.1) is 10.1 Å². The number of piperidine rings is 1. The van der Waals surface area contributed by atoms with Gasteiger partial charge >= 0.3 is 0 Å². The Balaban J connectivity index is 1.72. The molecule has 3 aliphatic rings. The Kier molecular flexibility index (Phi) is 6.40. The molecule has 1 fully saturated rings. The Morgan fingerprint density at radius 2 is 1.59 bits per heavy atom. The topological polar surface area (TPSA) is 77.6 Å². The number of para-hydroxylation sites is 3. The first-order chi connectivity index (χ1) is 18.9. The van der Waals surface area contributed by atoms with Crippen molar-refractivity contribution in [2.75, 3.05) is 29.8 Å². The highest BCUT2D eigenvalue weighted by Crippen LogP contribution is 2.71. The molecule has 0 aromatic heterocycles. The summed E-state index contributed by atoms with van der Waals surface area (Å²) in [5, 5.41) is 18.3. The summed E-state index contributed by atoms with van der Waals surface area (Å²) in [5.74, 6) is 0. The van der Waals surface area contributed by atoms with Crippen LogP contribution in [0.2, 0.25) is 0 Å². The van der Waals surface area contributed by atoms with Crippen LogP contribution in [0.15, 0.2) is 99.7 Å². The van der Waals surface area contributed by atoms with Crippen molar-refractivity contribution < 1.29 is 4.92 Å². The fourth-order valence-corrected chi connectivity index (χ4v) is 10.2. The summed E-state index contributed by atoms with van der Waals surface area (Å²) in [4.78, 5) is 14.1. The van der Waals surface area contributed by atoms with E-state index in [4.69, 9.17) is 9.85 Å². The van der Waals surface area contributed by atoms with Gasteiger partial charge in [-0.3, -0.25) is 10.1 Å². The molecule has 3 aromatic carbocycles. The second-order valence-electron chi connectivity index (χ2n) is 10.7. The van der Waals surface area contributed by atoms with Crippen LogP contribution >= 0.6 is 7.36 Å². The zero-order valence-electron chi connectivity index (χ0n) is 22.6. The van der Waals surface area contributed by atoms with Crippen LogP contribution in [0.25, 0.3) is 0 Å². The van der Waals surface area contributed by atoms with Gasteiger partial charge in [0.1, 0.15) is 5.69 Å². The largest absolute Gasteiger partial charge is 0.346 e. The van der Waals surface area contributed by atoms with E-state index in [0.29, 0.717) is 5.69 Å². The Morgan fingerprint density at radius 3 is 2.31 bits per heavy atom. The van der Waals surface area contributed by atoms with E-state index in [0.717, 1.165) is 49.1 Å². The average molecular weight is 541 g/mol. The first-order valence-corrected chi connectivity index (χ1v) is 15.1. The molecule has 0 radical (unpaired) electrons. The van der Waals surface area contributed by atoms with Crippen LogP contribution in [-0.2, 0) is 5.41 Å². The lowest BCUT2D eigenvalue weighted by molar-refractivity contribution is -0.384. The number of fused-ring (bicyclic) bond motifs is 1. The third-order valence-corrected chi connectivity index (χ3v) is 11.5. The molecule has 0 bridgehead atoms. The van der Waals surface area contributed by atoms with Crippen LogP contribution in [0.5, 0.6) is 0 Å². The van der Waals surface area contributed by atoms with E-state index >= 15 is 0 Å². The van der Waals surface area contributed by atoms with Gasteiger partial charge in [0.25, 0.3) is 5.69 Å². The van der Waals surface area contributed by atoms with Gasteiger partial charge in [-0.25, -0.2) is 14.2 Å². The third-order valence-electron chi connectivity index (χ3n) is 8.03. The van der Waals surface area contributed by atoms with Gasteiger partial charge in [0, 0.05) is 43.0 Å². The number of rotatable bonds is 4. The molecular formula is C30H33N6O2P. The molecule has 200 valence electrons. The highest BCUT2D eigenvalue weighted by Gasteiger charge is 2.50. The van der Waals surface area contributed by atoms with Crippen LogP contribution in [0.1, 0.15) is 38.7 Å². The highest BCUT2D eigenvalue weighted by molar-refractivity contribution is 7.71. The molecule has 8 nitrogen and oxygen atoms in total. The lowest BCUT2D eigenvalue weighted by atomic mass is 9.84. The summed E-state index contributed by atoms with van der Waals surface area (Å²) in [5.41, 5.74) is 4.59. The number of anilines is 2. The zero-order chi connectivity index (χ0) is 27.2. The number of likely N-dealkylation sites (N-methyl/N-ethyl adjacent to an activating group) is 1. The molecule has 1 atom stereocenters. The van der Waals surface area contributed by atoms with Crippen molar-refractivity contribution in [3.8, 4) is 0 Å². The van der Waals surface area contributed by atoms with E-state index in [-0.39, 0.29) is 16.0 Å². The number of nitro groups is 1. The molecule has 1 saturated heterocycles. The Morgan fingerprint density at radius 1 is 0.923 bits per heavy atom. The van der Waals surface area contributed by atoms with Gasteiger partial charge in [-0.2, -0.15) is 5.10 Å². The van der Waals surface area contributed by atoms with Crippen molar-refractivity contribution in [3.63, 3.8) is 0 Å².